The molecule has 0 saturated heterocycles. The van der Waals surface area contributed by atoms with Crippen LogP contribution in [-0.2, 0) is 37.9 Å². The van der Waals surface area contributed by atoms with Gasteiger partial charge in [-0.15, -0.1) is 0 Å². The van der Waals surface area contributed by atoms with Gasteiger partial charge in [-0.2, -0.15) is 11.8 Å². The molecule has 0 aliphatic carbocycles. The van der Waals surface area contributed by atoms with Crippen molar-refractivity contribution in [2.24, 2.45) is 7.05 Å². The van der Waals surface area contributed by atoms with E-state index in [-0.39, 0.29) is 22.9 Å². The third-order valence-corrected chi connectivity index (χ3v) is 6.49. The monoisotopic (exact) mass is 426 g/mol. The van der Waals surface area contributed by atoms with Crippen LogP contribution in [0.3, 0.4) is 0 Å². The summed E-state index contributed by atoms with van der Waals surface area (Å²) in [4.78, 5) is 46.7. The Labute approximate surface area is 180 Å². The molecule has 2 aromatic rings. The molecule has 2 aliphatic heterocycles. The molecule has 2 aliphatic rings. The first kappa shape index (κ1) is 20.7. The molecule has 4 heterocycles. The molecule has 0 atom stereocenters. The number of fused-ring (bicyclic) bond motifs is 2. The lowest BCUT2D eigenvalue weighted by Gasteiger charge is -2.31. The molecule has 0 N–H and O–H groups in total. The lowest BCUT2D eigenvalue weighted by molar-refractivity contribution is -0.131. The summed E-state index contributed by atoms with van der Waals surface area (Å²) in [5.41, 5.74) is 4.70. The van der Waals surface area contributed by atoms with Crippen LogP contribution >= 0.6 is 11.8 Å². The fourth-order valence-corrected chi connectivity index (χ4v) is 4.65. The Morgan fingerprint density at radius 2 is 1.87 bits per heavy atom. The van der Waals surface area contributed by atoms with Crippen molar-refractivity contribution in [2.45, 2.75) is 39.4 Å². The first-order chi connectivity index (χ1) is 14.4. The average Bonchev–Trinajstić information content (AvgIpc) is 3.15. The smallest absolute Gasteiger partial charge is 0.263 e. The van der Waals surface area contributed by atoms with Gasteiger partial charge in [0.2, 0.25) is 5.91 Å². The molecule has 0 spiro atoms. The van der Waals surface area contributed by atoms with E-state index in [9.17, 15) is 14.4 Å². The summed E-state index contributed by atoms with van der Waals surface area (Å²) in [5.74, 6) is 0.682. The maximum atomic E-state index is 13.4. The summed E-state index contributed by atoms with van der Waals surface area (Å²) in [7, 11) is 1.67. The normalized spacial score (nSPS) is 15.2. The number of pyridine rings is 2. The maximum Gasteiger partial charge on any atom is 0.263 e. The summed E-state index contributed by atoms with van der Waals surface area (Å²) in [6.45, 7) is 3.87. The SMILES string of the molecule is CSCCC(=O)N1CCc2c(cn(C)c(=O)c2C(=O)N2Cc3cnc(C)cc3C2)C1. The summed E-state index contributed by atoms with van der Waals surface area (Å²) >= 11 is 1.65. The number of carbonyl (C=O) groups is 2. The van der Waals surface area contributed by atoms with E-state index in [0.717, 1.165) is 33.7 Å². The first-order valence-corrected chi connectivity index (χ1v) is 11.5. The van der Waals surface area contributed by atoms with Crippen molar-refractivity contribution < 1.29 is 9.59 Å². The van der Waals surface area contributed by atoms with Crippen molar-refractivity contribution >= 4 is 23.6 Å². The fraction of sp³-hybridized carbons (Fsp3) is 0.455. The first-order valence-electron chi connectivity index (χ1n) is 10.1. The highest BCUT2D eigenvalue weighted by Gasteiger charge is 2.32. The molecular formula is C22H26N4O3S. The van der Waals surface area contributed by atoms with Gasteiger partial charge in [0.1, 0.15) is 5.56 Å². The quantitative estimate of drug-likeness (QED) is 0.746. The molecule has 2 aromatic heterocycles. The maximum absolute atomic E-state index is 13.4. The molecule has 4 rings (SSSR count). The molecule has 0 bridgehead atoms. The van der Waals surface area contributed by atoms with Crippen molar-refractivity contribution in [1.29, 1.82) is 0 Å². The van der Waals surface area contributed by atoms with E-state index in [1.807, 2.05) is 30.3 Å². The predicted octanol–water partition coefficient (Wildman–Crippen LogP) is 1.88. The second-order valence-corrected chi connectivity index (χ2v) is 8.97. The predicted molar refractivity (Wildman–Crippen MR) is 116 cm³/mol. The Bertz CT molecular complexity index is 1080. The molecule has 0 aromatic carbocycles. The summed E-state index contributed by atoms with van der Waals surface area (Å²) in [5, 5.41) is 0. The minimum atomic E-state index is -0.272. The minimum absolute atomic E-state index is 0.120. The number of aryl methyl sites for hydroxylation is 2. The zero-order valence-corrected chi connectivity index (χ0v) is 18.4. The molecule has 7 nitrogen and oxygen atoms in total. The highest BCUT2D eigenvalue weighted by Crippen LogP contribution is 2.27. The van der Waals surface area contributed by atoms with Crippen molar-refractivity contribution in [1.82, 2.24) is 19.4 Å². The van der Waals surface area contributed by atoms with Crippen molar-refractivity contribution in [3.8, 4) is 0 Å². The molecule has 2 amide bonds. The lowest BCUT2D eigenvalue weighted by Crippen LogP contribution is -2.41. The van der Waals surface area contributed by atoms with Gasteiger partial charge in [0.15, 0.2) is 0 Å². The average molecular weight is 427 g/mol. The molecule has 0 saturated carbocycles. The topological polar surface area (TPSA) is 75.5 Å². The van der Waals surface area contributed by atoms with E-state index < -0.39 is 0 Å². The highest BCUT2D eigenvalue weighted by molar-refractivity contribution is 7.98. The van der Waals surface area contributed by atoms with Gasteiger partial charge in [-0.3, -0.25) is 19.4 Å². The van der Waals surface area contributed by atoms with E-state index in [1.54, 1.807) is 29.9 Å². The van der Waals surface area contributed by atoms with Crippen LogP contribution in [0.1, 0.15) is 44.7 Å². The van der Waals surface area contributed by atoms with Crippen LogP contribution in [0.4, 0.5) is 0 Å². The number of nitrogens with zero attached hydrogens (tertiary/aromatic N) is 4. The molecular weight excluding hydrogens is 400 g/mol. The van der Waals surface area contributed by atoms with Gasteiger partial charge < -0.3 is 14.4 Å². The Morgan fingerprint density at radius 3 is 2.63 bits per heavy atom. The molecule has 30 heavy (non-hydrogen) atoms. The third-order valence-electron chi connectivity index (χ3n) is 5.88. The number of carbonyl (C=O) groups excluding carboxylic acids is 2. The van der Waals surface area contributed by atoms with E-state index in [0.29, 0.717) is 39.0 Å². The van der Waals surface area contributed by atoms with Gasteiger partial charge in [0.05, 0.1) is 0 Å². The zero-order chi connectivity index (χ0) is 21.4. The van der Waals surface area contributed by atoms with Crippen LogP contribution in [0.5, 0.6) is 0 Å². The summed E-state index contributed by atoms with van der Waals surface area (Å²) < 4.78 is 1.47. The van der Waals surface area contributed by atoms with Crippen molar-refractivity contribution in [3.63, 3.8) is 0 Å². The molecule has 0 radical (unpaired) electrons. The van der Waals surface area contributed by atoms with Crippen LogP contribution in [-0.4, -0.2) is 49.7 Å². The van der Waals surface area contributed by atoms with Gasteiger partial charge in [0, 0.05) is 63.5 Å². The van der Waals surface area contributed by atoms with Crippen molar-refractivity contribution in [3.05, 3.63) is 62.3 Å². The number of hydrogen-bond donors (Lipinski definition) is 0. The third kappa shape index (κ3) is 3.76. The number of thioether (sulfide) groups is 1. The second-order valence-electron chi connectivity index (χ2n) is 7.99. The number of aromatic nitrogens is 2. The molecule has 0 fully saturated rings. The van der Waals surface area contributed by atoms with E-state index >= 15 is 0 Å². The van der Waals surface area contributed by atoms with Crippen LogP contribution in [0, 0.1) is 6.92 Å². The number of rotatable bonds is 4. The Balaban J connectivity index is 1.62. The highest BCUT2D eigenvalue weighted by atomic mass is 32.2. The Kier molecular flexibility index (Phi) is 5.69. The van der Waals surface area contributed by atoms with Gasteiger partial charge in [-0.1, -0.05) is 0 Å². The zero-order valence-electron chi connectivity index (χ0n) is 17.6. The summed E-state index contributed by atoms with van der Waals surface area (Å²) in [6, 6.07) is 2.00. The molecule has 158 valence electrons. The van der Waals surface area contributed by atoms with Gasteiger partial charge >= 0.3 is 0 Å². The van der Waals surface area contributed by atoms with E-state index in [2.05, 4.69) is 4.98 Å². The van der Waals surface area contributed by atoms with Crippen LogP contribution in [0.25, 0.3) is 0 Å². The fourth-order valence-electron chi connectivity index (χ4n) is 4.27. The van der Waals surface area contributed by atoms with Gasteiger partial charge in [0.25, 0.3) is 11.5 Å². The second kappa shape index (κ2) is 8.26. The Morgan fingerprint density at radius 1 is 1.13 bits per heavy atom. The van der Waals surface area contributed by atoms with Crippen LogP contribution in [0.2, 0.25) is 0 Å². The van der Waals surface area contributed by atoms with Gasteiger partial charge in [-0.25, -0.2) is 0 Å². The number of amides is 2. The van der Waals surface area contributed by atoms with E-state index in [4.69, 9.17) is 0 Å². The Hall–Kier alpha value is -2.61. The van der Waals surface area contributed by atoms with Crippen LogP contribution < -0.4 is 5.56 Å². The molecule has 8 heteroatoms. The molecule has 0 unspecified atom stereocenters. The standard InChI is InChI=1S/C22H26N4O3S/c1-14-8-15-11-26(12-16(15)9-23-14)22(29)20-18-4-6-25(19(27)5-7-30-3)13-17(18)10-24(2)21(20)28/h8-10H,4-7,11-13H2,1-3H3. The van der Waals surface area contributed by atoms with Crippen LogP contribution in [0.15, 0.2) is 23.3 Å². The lowest BCUT2D eigenvalue weighted by atomic mass is 9.95. The van der Waals surface area contributed by atoms with Crippen molar-refractivity contribution in [2.75, 3.05) is 18.6 Å². The minimum Gasteiger partial charge on any atom is -0.338 e. The van der Waals surface area contributed by atoms with E-state index in [1.165, 1.54) is 4.57 Å². The van der Waals surface area contributed by atoms with Gasteiger partial charge in [-0.05, 0) is 47.9 Å². The summed E-state index contributed by atoms with van der Waals surface area (Å²) in [6.07, 6.45) is 6.61. The largest absolute Gasteiger partial charge is 0.338 e. The number of hydrogen-bond acceptors (Lipinski definition) is 5.